The average molecular weight is 404 g/mol. The van der Waals surface area contributed by atoms with E-state index in [0.717, 1.165) is 12.0 Å². The smallest absolute Gasteiger partial charge is 0.234 e. The summed E-state index contributed by atoms with van der Waals surface area (Å²) in [5.74, 6) is -2.46. The fourth-order valence-electron chi connectivity index (χ4n) is 6.03. The first-order valence-corrected chi connectivity index (χ1v) is 10.6. The number of hydrogen-bond donors (Lipinski definition) is 2. The predicted molar refractivity (Wildman–Crippen MR) is 109 cm³/mol. The molecular weight excluding hydrogens is 380 g/mol. The number of amides is 4. The minimum absolute atomic E-state index is 0.0385. The largest absolute Gasteiger partial charge is 0.296 e. The summed E-state index contributed by atoms with van der Waals surface area (Å²) in [5, 5.41) is 4.99. The Morgan fingerprint density at radius 2 is 1.53 bits per heavy atom. The number of carbonyl (C=O) groups is 4. The van der Waals surface area contributed by atoms with Crippen molar-refractivity contribution in [2.75, 3.05) is 0 Å². The first-order chi connectivity index (χ1) is 14.5. The van der Waals surface area contributed by atoms with E-state index in [1.165, 1.54) is 0 Å². The highest BCUT2D eigenvalue weighted by molar-refractivity contribution is 6.07. The Hall–Kier alpha value is -3.02. The van der Waals surface area contributed by atoms with Crippen molar-refractivity contribution in [2.45, 2.75) is 31.1 Å². The van der Waals surface area contributed by atoms with Crippen molar-refractivity contribution in [2.24, 2.45) is 29.6 Å². The molecule has 0 spiro atoms. The van der Waals surface area contributed by atoms with Crippen LogP contribution in [0.2, 0.25) is 0 Å². The van der Waals surface area contributed by atoms with Gasteiger partial charge in [0.15, 0.2) is 0 Å². The molecule has 5 rings (SSSR count). The van der Waals surface area contributed by atoms with Crippen LogP contribution in [0.5, 0.6) is 0 Å². The van der Waals surface area contributed by atoms with Gasteiger partial charge in [-0.15, -0.1) is 0 Å². The summed E-state index contributed by atoms with van der Waals surface area (Å²) in [4.78, 5) is 49.8. The van der Waals surface area contributed by atoms with E-state index in [9.17, 15) is 19.2 Å². The van der Waals surface area contributed by atoms with Crippen molar-refractivity contribution < 1.29 is 19.2 Å². The van der Waals surface area contributed by atoms with Crippen LogP contribution in [-0.4, -0.2) is 23.6 Å². The maximum Gasteiger partial charge on any atom is 0.234 e. The molecule has 0 radical (unpaired) electrons. The highest BCUT2D eigenvalue weighted by Crippen LogP contribution is 2.50. The summed E-state index contributed by atoms with van der Waals surface area (Å²) in [7, 11) is 0. The molecule has 154 valence electrons. The van der Waals surface area contributed by atoms with Crippen LogP contribution in [0.1, 0.15) is 31.2 Å². The zero-order valence-electron chi connectivity index (χ0n) is 16.5. The molecule has 0 saturated carbocycles. The van der Waals surface area contributed by atoms with Gasteiger partial charge in [-0.25, -0.2) is 0 Å². The third-order valence-electron chi connectivity index (χ3n) is 7.45. The van der Waals surface area contributed by atoms with Gasteiger partial charge in [-0.05, 0) is 37.2 Å². The van der Waals surface area contributed by atoms with Gasteiger partial charge in [-0.3, -0.25) is 29.8 Å². The van der Waals surface area contributed by atoms with E-state index >= 15 is 0 Å². The molecule has 6 atom stereocenters. The number of nitrogens with one attached hydrogen (secondary N) is 2. The molecule has 30 heavy (non-hydrogen) atoms. The van der Waals surface area contributed by atoms with Crippen LogP contribution >= 0.6 is 0 Å². The van der Waals surface area contributed by atoms with E-state index in [2.05, 4.69) is 10.6 Å². The second-order valence-corrected chi connectivity index (χ2v) is 8.88. The molecular formula is C24H24N2O4. The molecule has 6 nitrogen and oxygen atoms in total. The van der Waals surface area contributed by atoms with Crippen molar-refractivity contribution in [3.63, 3.8) is 0 Å². The van der Waals surface area contributed by atoms with E-state index in [0.29, 0.717) is 19.3 Å². The zero-order chi connectivity index (χ0) is 20.9. The number of carbonyl (C=O) groups excluding carboxylic acids is 4. The molecule has 6 unspecified atom stereocenters. The highest BCUT2D eigenvalue weighted by Gasteiger charge is 2.55. The minimum Gasteiger partial charge on any atom is -0.296 e. The summed E-state index contributed by atoms with van der Waals surface area (Å²) < 4.78 is 0. The number of allylic oxidation sites excluding steroid dienone is 2. The van der Waals surface area contributed by atoms with Crippen LogP contribution in [0.3, 0.4) is 0 Å². The summed E-state index contributed by atoms with van der Waals surface area (Å²) in [5.41, 5.74) is 0.538. The Labute approximate surface area is 174 Å². The van der Waals surface area contributed by atoms with Gasteiger partial charge >= 0.3 is 0 Å². The van der Waals surface area contributed by atoms with Gasteiger partial charge in [0.1, 0.15) is 0 Å². The molecule has 2 heterocycles. The maximum atomic E-state index is 12.9. The monoisotopic (exact) mass is 404 g/mol. The van der Waals surface area contributed by atoms with Crippen LogP contribution in [0.25, 0.3) is 0 Å². The lowest BCUT2D eigenvalue weighted by atomic mass is 9.58. The van der Waals surface area contributed by atoms with Crippen molar-refractivity contribution in [3.8, 4) is 0 Å². The fourth-order valence-corrected chi connectivity index (χ4v) is 6.03. The molecule has 4 amide bonds. The molecule has 0 aromatic heterocycles. The lowest BCUT2D eigenvalue weighted by molar-refractivity contribution is -0.128. The molecule has 1 aromatic rings. The number of hydrogen-bond acceptors (Lipinski definition) is 4. The van der Waals surface area contributed by atoms with Gasteiger partial charge in [-0.2, -0.15) is 0 Å². The third-order valence-corrected chi connectivity index (χ3v) is 7.45. The van der Waals surface area contributed by atoms with E-state index in [4.69, 9.17) is 0 Å². The standard InChI is InChI=1S/C24H24N2O4/c27-20-16-9-4-6-14(18(16)22(29)25-20)11-13-24(15-7-2-1-3-8-15)12-5-10-17-19(24)23(30)26-21(17)28/h1-5,7-10,14,16-19H,6,11-13H2,(H,25,27,29)(H,26,28,30). The molecule has 2 N–H and O–H groups in total. The average Bonchev–Trinajstić information content (AvgIpc) is 3.23. The van der Waals surface area contributed by atoms with Gasteiger partial charge in [-0.1, -0.05) is 54.6 Å². The Morgan fingerprint density at radius 1 is 0.833 bits per heavy atom. The van der Waals surface area contributed by atoms with Crippen LogP contribution in [0, 0.1) is 29.6 Å². The summed E-state index contributed by atoms with van der Waals surface area (Å²) >= 11 is 0. The minimum atomic E-state index is -0.507. The van der Waals surface area contributed by atoms with E-state index in [-0.39, 0.29) is 41.4 Å². The number of fused-ring (bicyclic) bond motifs is 2. The van der Waals surface area contributed by atoms with Gasteiger partial charge in [0.2, 0.25) is 23.6 Å². The van der Waals surface area contributed by atoms with Gasteiger partial charge in [0.05, 0.1) is 23.7 Å². The molecule has 6 heteroatoms. The molecule has 0 bridgehead atoms. The normalized spacial score (nSPS) is 37.0. The first-order valence-electron chi connectivity index (χ1n) is 10.6. The summed E-state index contributed by atoms with van der Waals surface area (Å²) in [6.45, 7) is 0. The third kappa shape index (κ3) is 2.77. The molecule has 2 saturated heterocycles. The lowest BCUT2D eigenvalue weighted by Crippen LogP contribution is -2.44. The van der Waals surface area contributed by atoms with Gasteiger partial charge < -0.3 is 0 Å². The Balaban J connectivity index is 1.49. The van der Waals surface area contributed by atoms with Crippen LogP contribution < -0.4 is 10.6 Å². The Bertz CT molecular complexity index is 982. The Kier molecular flexibility index (Phi) is 4.45. The highest BCUT2D eigenvalue weighted by atomic mass is 16.2. The summed E-state index contributed by atoms with van der Waals surface area (Å²) in [6, 6.07) is 9.92. The summed E-state index contributed by atoms with van der Waals surface area (Å²) in [6.07, 6.45) is 10.5. The van der Waals surface area contributed by atoms with Crippen molar-refractivity contribution in [1.82, 2.24) is 10.6 Å². The number of rotatable bonds is 4. The lowest BCUT2D eigenvalue weighted by Gasteiger charge is -2.43. The second kappa shape index (κ2) is 7.04. The number of imide groups is 2. The quantitative estimate of drug-likeness (QED) is 0.593. The van der Waals surface area contributed by atoms with E-state index < -0.39 is 17.3 Å². The van der Waals surface area contributed by atoms with Crippen molar-refractivity contribution in [3.05, 3.63) is 60.2 Å². The van der Waals surface area contributed by atoms with E-state index in [1.54, 1.807) is 0 Å². The fraction of sp³-hybridized carbons (Fsp3) is 0.417. The van der Waals surface area contributed by atoms with Crippen molar-refractivity contribution >= 4 is 23.6 Å². The topological polar surface area (TPSA) is 92.3 Å². The van der Waals surface area contributed by atoms with Crippen molar-refractivity contribution in [1.29, 1.82) is 0 Å². The van der Waals surface area contributed by atoms with Crippen LogP contribution in [0.4, 0.5) is 0 Å². The molecule has 2 aliphatic carbocycles. The van der Waals surface area contributed by atoms with E-state index in [1.807, 2.05) is 54.6 Å². The molecule has 4 aliphatic rings. The van der Waals surface area contributed by atoms with Gasteiger partial charge in [0, 0.05) is 5.41 Å². The molecule has 1 aromatic carbocycles. The Morgan fingerprint density at radius 3 is 2.33 bits per heavy atom. The van der Waals surface area contributed by atoms with Crippen LogP contribution in [0.15, 0.2) is 54.6 Å². The first kappa shape index (κ1) is 19.0. The number of benzene rings is 1. The predicted octanol–water partition coefficient (Wildman–Crippen LogP) is 2.02. The molecule has 2 aliphatic heterocycles. The van der Waals surface area contributed by atoms with Crippen LogP contribution in [-0.2, 0) is 24.6 Å². The molecule has 2 fully saturated rings. The maximum absolute atomic E-state index is 12.9. The SMILES string of the molecule is O=C1NC(=O)C2C(CCC3(c4ccccc4)CC=CC4C(=O)NC(=O)C43)CC=CC12. The zero-order valence-corrected chi connectivity index (χ0v) is 16.5. The van der Waals surface area contributed by atoms with Gasteiger partial charge in [0.25, 0.3) is 0 Å². The second-order valence-electron chi connectivity index (χ2n) is 8.88.